The molecule has 0 saturated carbocycles. The number of amides is 2. The molecule has 0 spiro atoms. The van der Waals surface area contributed by atoms with Crippen molar-refractivity contribution < 1.29 is 38.5 Å². The van der Waals surface area contributed by atoms with Crippen LogP contribution in [-0.2, 0) is 25.8 Å². The van der Waals surface area contributed by atoms with Crippen molar-refractivity contribution in [3.63, 3.8) is 0 Å². The summed E-state index contributed by atoms with van der Waals surface area (Å²) < 4.78 is 6.80. The SMILES string of the molecule is CO/N=C(\C(=O)NC1C(=O)N2C(C(=O)O)=C(C[n+]3cccc4c(C(C)=NO)cccc43)CS[C@@H]12)c1coc(N)n1. The molecule has 1 saturated heterocycles. The van der Waals surface area contributed by atoms with Crippen LogP contribution in [0.3, 0.4) is 0 Å². The minimum Gasteiger partial charge on any atom is -0.477 e. The third-order valence-corrected chi connectivity index (χ3v) is 7.86. The predicted octanol–water partition coefficient (Wildman–Crippen LogP) is 0.685. The van der Waals surface area contributed by atoms with Crippen LogP contribution >= 0.6 is 11.8 Å². The van der Waals surface area contributed by atoms with Crippen molar-refractivity contribution in [2.75, 3.05) is 18.6 Å². The van der Waals surface area contributed by atoms with Crippen molar-refractivity contribution in [2.24, 2.45) is 10.3 Å². The fraction of sp³-hybridized carbons (Fsp3) is 0.240. The molecule has 0 aliphatic carbocycles. The van der Waals surface area contributed by atoms with E-state index in [1.54, 1.807) is 6.92 Å². The van der Waals surface area contributed by atoms with Crippen molar-refractivity contribution >= 4 is 57.9 Å². The second-order valence-corrected chi connectivity index (χ2v) is 9.98. The summed E-state index contributed by atoms with van der Waals surface area (Å²) in [6.45, 7) is 1.89. The zero-order chi connectivity index (χ0) is 28.6. The number of hydrogen-bond donors (Lipinski definition) is 4. The van der Waals surface area contributed by atoms with Crippen molar-refractivity contribution in [3.8, 4) is 0 Å². The number of carbonyl (C=O) groups excluding carboxylic acids is 2. The summed E-state index contributed by atoms with van der Waals surface area (Å²) in [6, 6.07) is 8.06. The lowest BCUT2D eigenvalue weighted by atomic mass is 10.0. The molecule has 1 aromatic carbocycles. The number of aliphatic carboxylic acids is 1. The van der Waals surface area contributed by atoms with Crippen LogP contribution in [-0.4, -0.2) is 73.7 Å². The highest BCUT2D eigenvalue weighted by Gasteiger charge is 2.55. The van der Waals surface area contributed by atoms with Gasteiger partial charge >= 0.3 is 5.97 Å². The van der Waals surface area contributed by atoms with Crippen LogP contribution in [0, 0.1) is 0 Å². The second kappa shape index (κ2) is 10.7. The molecule has 1 fully saturated rings. The molecule has 0 bridgehead atoms. The zero-order valence-electron chi connectivity index (χ0n) is 21.3. The summed E-state index contributed by atoms with van der Waals surface area (Å²) in [7, 11) is 1.24. The van der Waals surface area contributed by atoms with Crippen LogP contribution in [0.1, 0.15) is 18.2 Å². The van der Waals surface area contributed by atoms with Gasteiger partial charge < -0.3 is 30.6 Å². The average Bonchev–Trinajstić information content (AvgIpc) is 3.39. The highest BCUT2D eigenvalue weighted by Crippen LogP contribution is 2.40. The maximum Gasteiger partial charge on any atom is 0.352 e. The molecule has 2 amide bonds. The highest BCUT2D eigenvalue weighted by atomic mass is 32.2. The number of carboxylic acids is 1. The van der Waals surface area contributed by atoms with Crippen molar-refractivity contribution in [2.45, 2.75) is 24.9 Å². The van der Waals surface area contributed by atoms with Crippen LogP contribution < -0.4 is 15.6 Å². The molecule has 4 heterocycles. The second-order valence-electron chi connectivity index (χ2n) is 8.87. The van der Waals surface area contributed by atoms with Crippen LogP contribution in [0.5, 0.6) is 0 Å². The van der Waals surface area contributed by atoms with E-state index in [4.69, 9.17) is 15.0 Å². The Kier molecular flexibility index (Phi) is 7.13. The van der Waals surface area contributed by atoms with E-state index in [9.17, 15) is 24.7 Å². The summed E-state index contributed by atoms with van der Waals surface area (Å²) in [5.41, 5.74) is 7.63. The van der Waals surface area contributed by atoms with Gasteiger partial charge in [-0.15, -0.1) is 11.8 Å². The van der Waals surface area contributed by atoms with Crippen LogP contribution in [0.15, 0.2) is 68.8 Å². The van der Waals surface area contributed by atoms with E-state index >= 15 is 0 Å². The monoisotopic (exact) mass is 566 g/mol. The first kappa shape index (κ1) is 26.7. The Hall–Kier alpha value is -4.92. The van der Waals surface area contributed by atoms with Crippen LogP contribution in [0.4, 0.5) is 6.01 Å². The van der Waals surface area contributed by atoms with Gasteiger partial charge in [0, 0.05) is 29.0 Å². The summed E-state index contributed by atoms with van der Waals surface area (Å²) in [5.74, 6) is -2.27. The average molecular weight is 567 g/mol. The molecule has 2 aromatic heterocycles. The lowest BCUT2D eigenvalue weighted by Gasteiger charge is -2.49. The number of nitrogens with zero attached hydrogens (tertiary/aromatic N) is 5. The van der Waals surface area contributed by atoms with E-state index in [0.717, 1.165) is 22.7 Å². The van der Waals surface area contributed by atoms with Gasteiger partial charge in [0.05, 0.1) is 11.1 Å². The first-order chi connectivity index (χ1) is 19.2. The number of carbonyl (C=O) groups is 3. The largest absolute Gasteiger partial charge is 0.477 e. The van der Waals surface area contributed by atoms with E-state index in [0.29, 0.717) is 17.0 Å². The maximum absolute atomic E-state index is 13.2. The molecule has 1 unspecified atom stereocenters. The summed E-state index contributed by atoms with van der Waals surface area (Å²) >= 11 is 1.34. The molecule has 5 rings (SSSR count). The number of carboxylic acid groups (broad SMARTS) is 1. The molecule has 5 N–H and O–H groups in total. The summed E-state index contributed by atoms with van der Waals surface area (Å²) in [5, 5.41) is 29.1. The van der Waals surface area contributed by atoms with Crippen molar-refractivity contribution in [1.29, 1.82) is 0 Å². The number of benzene rings is 1. The highest BCUT2D eigenvalue weighted by molar-refractivity contribution is 8.00. The lowest BCUT2D eigenvalue weighted by molar-refractivity contribution is -0.663. The first-order valence-electron chi connectivity index (χ1n) is 11.9. The number of thioether (sulfide) groups is 1. The molecular formula is C25H24N7O7S+. The number of nitrogens with one attached hydrogen (secondary N) is 1. The number of pyridine rings is 1. The smallest absolute Gasteiger partial charge is 0.352 e. The van der Waals surface area contributed by atoms with E-state index in [1.807, 2.05) is 41.1 Å². The minimum atomic E-state index is -1.25. The van der Waals surface area contributed by atoms with Gasteiger partial charge in [0.2, 0.25) is 5.52 Å². The predicted molar refractivity (Wildman–Crippen MR) is 142 cm³/mol. The number of oxazole rings is 1. The van der Waals surface area contributed by atoms with Gasteiger partial charge in [-0.3, -0.25) is 14.5 Å². The van der Waals surface area contributed by atoms with Gasteiger partial charge in [-0.05, 0) is 13.0 Å². The number of aromatic nitrogens is 2. The zero-order valence-corrected chi connectivity index (χ0v) is 22.1. The number of nitrogens with two attached hydrogens (primary N) is 1. The molecule has 0 radical (unpaired) electrons. The van der Waals surface area contributed by atoms with E-state index in [2.05, 4.69) is 20.6 Å². The third-order valence-electron chi connectivity index (χ3n) is 6.52. The number of hydrogen-bond acceptors (Lipinski definition) is 11. The fourth-order valence-electron chi connectivity index (χ4n) is 4.72. The molecular weight excluding hydrogens is 542 g/mol. The standard InChI is InChI=1S/C25H23N7O7S/c1-12(29-37)14-5-3-7-17-15(14)6-4-8-31(17)9-13-11-40-23-19(22(34)32(23)20(13)24(35)36)28-21(33)18(30-38-2)16-10-39-25(26)27-16/h3-8,10,19,23H,9,11H2,1-2H3,(H4,26,27,28,33,35,36)/p+1/b30-18-/t19?,23-/m0/s1. The van der Waals surface area contributed by atoms with Crippen LogP contribution in [0.2, 0.25) is 0 Å². The lowest BCUT2D eigenvalue weighted by Crippen LogP contribution is -2.71. The minimum absolute atomic E-state index is 0.0147. The third kappa shape index (κ3) is 4.59. The molecule has 3 aromatic rings. The Morgan fingerprint density at radius 2 is 2.15 bits per heavy atom. The fourth-order valence-corrected chi connectivity index (χ4v) is 6.06. The summed E-state index contributed by atoms with van der Waals surface area (Å²) in [4.78, 5) is 48.3. The molecule has 15 heteroatoms. The Bertz CT molecular complexity index is 1630. The van der Waals surface area contributed by atoms with E-state index < -0.39 is 29.2 Å². The molecule has 206 valence electrons. The first-order valence-corrected chi connectivity index (χ1v) is 12.9. The van der Waals surface area contributed by atoms with Crippen LogP contribution in [0.25, 0.3) is 10.9 Å². The number of anilines is 1. The maximum atomic E-state index is 13.2. The van der Waals surface area contributed by atoms with Crippen molar-refractivity contribution in [1.82, 2.24) is 15.2 Å². The Morgan fingerprint density at radius 3 is 2.83 bits per heavy atom. The number of oxime groups is 2. The number of nitrogen functional groups attached to an aromatic ring is 1. The Balaban J connectivity index is 1.41. The Morgan fingerprint density at radius 1 is 1.35 bits per heavy atom. The number of fused-ring (bicyclic) bond motifs is 2. The normalized spacial score (nSPS) is 19.4. The molecule has 14 nitrogen and oxygen atoms in total. The van der Waals surface area contributed by atoms with E-state index in [1.165, 1.54) is 23.8 Å². The van der Waals surface area contributed by atoms with Crippen molar-refractivity contribution in [3.05, 3.63) is 65.3 Å². The van der Waals surface area contributed by atoms with Gasteiger partial charge in [-0.2, -0.15) is 9.55 Å². The molecule has 2 aliphatic heterocycles. The quantitative estimate of drug-likeness (QED) is 0.0989. The van der Waals surface area contributed by atoms with Gasteiger partial charge in [0.15, 0.2) is 18.5 Å². The van der Waals surface area contributed by atoms with Gasteiger partial charge in [-0.1, -0.05) is 22.4 Å². The van der Waals surface area contributed by atoms with E-state index in [-0.39, 0.29) is 29.7 Å². The summed E-state index contributed by atoms with van der Waals surface area (Å²) in [6.07, 6.45) is 2.94. The number of β-lactam (4-membered cyclic amide) rings is 1. The molecule has 2 atom stereocenters. The Labute approximate surface area is 230 Å². The number of rotatable bonds is 8. The topological polar surface area (TPSA) is 197 Å². The van der Waals surface area contributed by atoms with Gasteiger partial charge in [-0.25, -0.2) is 4.79 Å². The molecule has 40 heavy (non-hydrogen) atoms. The molecule has 2 aliphatic rings. The van der Waals surface area contributed by atoms with Gasteiger partial charge in [0.25, 0.3) is 17.8 Å². The van der Waals surface area contributed by atoms with Gasteiger partial charge in [0.1, 0.15) is 36.2 Å².